The van der Waals surface area contributed by atoms with Crippen LogP contribution in [0.5, 0.6) is 0 Å². The molecule has 1 aliphatic rings. The van der Waals surface area contributed by atoms with Gasteiger partial charge < -0.3 is 4.90 Å². The molecular formula is C19H39N. The zero-order valence-corrected chi connectivity index (χ0v) is 14.5. The molecule has 0 amide bonds. The Morgan fingerprint density at radius 1 is 0.600 bits per heavy atom. The van der Waals surface area contributed by atoms with Gasteiger partial charge in [0.25, 0.3) is 0 Å². The lowest BCUT2D eigenvalue weighted by Crippen LogP contribution is -2.32. The molecule has 0 radical (unpaired) electrons. The number of nitrogens with zero attached hydrogens (tertiary/aromatic N) is 1. The van der Waals surface area contributed by atoms with Gasteiger partial charge in [-0.2, -0.15) is 0 Å². The number of hydrogen-bond donors (Lipinski definition) is 0. The molecular weight excluding hydrogens is 242 g/mol. The van der Waals surface area contributed by atoms with Crippen molar-refractivity contribution >= 4 is 0 Å². The van der Waals surface area contributed by atoms with E-state index in [1.54, 1.807) is 0 Å². The molecule has 1 fully saturated rings. The van der Waals surface area contributed by atoms with Crippen molar-refractivity contribution in [3.05, 3.63) is 0 Å². The SMILES string of the molecule is CC(C1CCCCCCCCCCCCCC1)N(C)C. The summed E-state index contributed by atoms with van der Waals surface area (Å²) in [5, 5.41) is 0. The van der Waals surface area contributed by atoms with Crippen molar-refractivity contribution in [2.24, 2.45) is 5.92 Å². The second-order valence-corrected chi connectivity index (χ2v) is 7.28. The minimum absolute atomic E-state index is 0.755. The molecule has 1 nitrogen and oxygen atoms in total. The van der Waals surface area contributed by atoms with Crippen LogP contribution in [0.2, 0.25) is 0 Å². The molecule has 1 rings (SSSR count). The van der Waals surface area contributed by atoms with E-state index in [-0.39, 0.29) is 0 Å². The third kappa shape index (κ3) is 8.29. The van der Waals surface area contributed by atoms with Crippen LogP contribution in [0.15, 0.2) is 0 Å². The molecule has 1 heteroatoms. The summed E-state index contributed by atoms with van der Waals surface area (Å²) in [5.41, 5.74) is 0. The Hall–Kier alpha value is -0.0400. The topological polar surface area (TPSA) is 3.24 Å². The van der Waals surface area contributed by atoms with E-state index in [2.05, 4.69) is 25.9 Å². The number of hydrogen-bond acceptors (Lipinski definition) is 1. The lowest BCUT2D eigenvalue weighted by Gasteiger charge is -2.29. The van der Waals surface area contributed by atoms with E-state index in [1.165, 1.54) is 89.9 Å². The summed E-state index contributed by atoms with van der Waals surface area (Å²) < 4.78 is 0. The highest BCUT2D eigenvalue weighted by Crippen LogP contribution is 2.24. The summed E-state index contributed by atoms with van der Waals surface area (Å²) in [5.74, 6) is 0.926. The Balaban J connectivity index is 2.36. The molecule has 1 aliphatic carbocycles. The highest BCUT2D eigenvalue weighted by Gasteiger charge is 2.18. The number of rotatable bonds is 2. The zero-order chi connectivity index (χ0) is 14.6. The Morgan fingerprint density at radius 2 is 0.900 bits per heavy atom. The van der Waals surface area contributed by atoms with Gasteiger partial charge in [0.15, 0.2) is 0 Å². The molecule has 1 saturated carbocycles. The average Bonchev–Trinajstić information content (AvgIpc) is 2.44. The highest BCUT2D eigenvalue weighted by atomic mass is 15.1. The maximum Gasteiger partial charge on any atom is 0.00891 e. The molecule has 0 aromatic rings. The molecule has 20 heavy (non-hydrogen) atoms. The maximum absolute atomic E-state index is 2.43. The van der Waals surface area contributed by atoms with Crippen molar-refractivity contribution in [1.29, 1.82) is 0 Å². The fourth-order valence-electron chi connectivity index (χ4n) is 3.63. The maximum atomic E-state index is 2.43. The van der Waals surface area contributed by atoms with E-state index >= 15 is 0 Å². The monoisotopic (exact) mass is 281 g/mol. The smallest absolute Gasteiger partial charge is 0.00891 e. The molecule has 0 saturated heterocycles. The lowest BCUT2D eigenvalue weighted by atomic mass is 9.88. The second-order valence-electron chi connectivity index (χ2n) is 7.28. The fraction of sp³-hybridized carbons (Fsp3) is 1.00. The third-order valence-electron chi connectivity index (χ3n) is 5.40. The van der Waals surface area contributed by atoms with Crippen molar-refractivity contribution in [2.45, 2.75) is 103 Å². The van der Waals surface area contributed by atoms with Crippen molar-refractivity contribution in [3.63, 3.8) is 0 Å². The first-order valence-electron chi connectivity index (χ1n) is 9.38. The molecule has 0 spiro atoms. The molecule has 120 valence electrons. The minimum atomic E-state index is 0.755. The zero-order valence-electron chi connectivity index (χ0n) is 14.5. The van der Waals surface area contributed by atoms with Crippen LogP contribution in [0.3, 0.4) is 0 Å². The molecule has 0 aromatic heterocycles. The highest BCUT2D eigenvalue weighted by molar-refractivity contribution is 4.72. The Kier molecular flexibility index (Phi) is 10.4. The average molecular weight is 282 g/mol. The molecule has 1 unspecified atom stereocenters. The summed E-state index contributed by atoms with van der Waals surface area (Å²) in [7, 11) is 4.50. The van der Waals surface area contributed by atoms with Gasteiger partial charge in [0.1, 0.15) is 0 Å². The van der Waals surface area contributed by atoms with Gasteiger partial charge in [0.05, 0.1) is 0 Å². The van der Waals surface area contributed by atoms with Crippen LogP contribution in [-0.4, -0.2) is 25.0 Å². The normalized spacial score (nSPS) is 24.0. The van der Waals surface area contributed by atoms with Crippen LogP contribution in [-0.2, 0) is 0 Å². The van der Waals surface area contributed by atoms with E-state index in [9.17, 15) is 0 Å². The van der Waals surface area contributed by atoms with Crippen LogP contribution in [0.4, 0.5) is 0 Å². The van der Waals surface area contributed by atoms with Gasteiger partial charge in [-0.05, 0) is 39.8 Å². The van der Waals surface area contributed by atoms with Crippen molar-refractivity contribution in [3.8, 4) is 0 Å². The van der Waals surface area contributed by atoms with E-state index in [1.807, 2.05) is 0 Å². The van der Waals surface area contributed by atoms with Gasteiger partial charge in [-0.1, -0.05) is 77.0 Å². The van der Waals surface area contributed by atoms with Crippen molar-refractivity contribution in [1.82, 2.24) is 4.90 Å². The Bertz CT molecular complexity index is 196. The van der Waals surface area contributed by atoms with Crippen LogP contribution >= 0.6 is 0 Å². The predicted octanol–water partition coefficient (Wildman–Crippen LogP) is 6.03. The minimum Gasteiger partial charge on any atom is -0.306 e. The van der Waals surface area contributed by atoms with Gasteiger partial charge in [-0.25, -0.2) is 0 Å². The van der Waals surface area contributed by atoms with Gasteiger partial charge in [-0.3, -0.25) is 0 Å². The molecule has 0 heterocycles. The first-order chi connectivity index (χ1) is 9.72. The molecule has 0 N–H and O–H groups in total. The molecule has 0 bridgehead atoms. The van der Waals surface area contributed by atoms with Gasteiger partial charge >= 0.3 is 0 Å². The van der Waals surface area contributed by atoms with E-state index < -0.39 is 0 Å². The summed E-state index contributed by atoms with van der Waals surface area (Å²) in [6.07, 6.45) is 20.6. The molecule has 0 aromatic carbocycles. The largest absolute Gasteiger partial charge is 0.306 e. The molecule has 1 atom stereocenters. The quantitative estimate of drug-likeness (QED) is 0.597. The van der Waals surface area contributed by atoms with Crippen LogP contribution < -0.4 is 0 Å². The summed E-state index contributed by atoms with van der Waals surface area (Å²) in [4.78, 5) is 2.43. The van der Waals surface area contributed by atoms with Crippen LogP contribution in [0.1, 0.15) is 96.8 Å². The first kappa shape index (κ1) is 18.0. The Labute approximate surface area is 128 Å². The van der Waals surface area contributed by atoms with Crippen LogP contribution in [0.25, 0.3) is 0 Å². The fourth-order valence-corrected chi connectivity index (χ4v) is 3.63. The van der Waals surface area contributed by atoms with E-state index in [4.69, 9.17) is 0 Å². The van der Waals surface area contributed by atoms with Crippen molar-refractivity contribution in [2.75, 3.05) is 14.1 Å². The van der Waals surface area contributed by atoms with E-state index in [0.717, 1.165) is 12.0 Å². The second kappa shape index (κ2) is 11.6. The first-order valence-corrected chi connectivity index (χ1v) is 9.38. The van der Waals surface area contributed by atoms with Gasteiger partial charge in [0.2, 0.25) is 0 Å². The summed E-state index contributed by atoms with van der Waals surface area (Å²) in [6, 6.07) is 0.755. The summed E-state index contributed by atoms with van der Waals surface area (Å²) in [6.45, 7) is 2.43. The lowest BCUT2D eigenvalue weighted by molar-refractivity contribution is 0.200. The predicted molar refractivity (Wildman–Crippen MR) is 91.3 cm³/mol. The standard InChI is InChI=1S/C19H39N/c1-18(20(2)3)19-16-14-12-10-8-6-4-5-7-9-11-13-15-17-19/h18-19H,4-17H2,1-3H3. The van der Waals surface area contributed by atoms with E-state index in [0.29, 0.717) is 0 Å². The Morgan fingerprint density at radius 3 is 1.20 bits per heavy atom. The third-order valence-corrected chi connectivity index (χ3v) is 5.40. The van der Waals surface area contributed by atoms with Crippen LogP contribution in [0, 0.1) is 5.92 Å². The van der Waals surface area contributed by atoms with Gasteiger partial charge in [0, 0.05) is 6.04 Å². The van der Waals surface area contributed by atoms with Gasteiger partial charge in [-0.15, -0.1) is 0 Å². The molecule has 0 aliphatic heterocycles. The summed E-state index contributed by atoms with van der Waals surface area (Å²) >= 11 is 0. The van der Waals surface area contributed by atoms with Crippen molar-refractivity contribution < 1.29 is 0 Å².